The lowest BCUT2D eigenvalue weighted by Gasteiger charge is -2.14. The van der Waals surface area contributed by atoms with Gasteiger partial charge in [0.15, 0.2) is 0 Å². The lowest BCUT2D eigenvalue weighted by molar-refractivity contribution is 0.120. The minimum Gasteiger partial charge on any atom is -0.376 e. The third-order valence-electron chi connectivity index (χ3n) is 5.18. The molecule has 0 amide bonds. The molecule has 1 aliphatic rings. The van der Waals surface area contributed by atoms with Crippen LogP contribution in [0.5, 0.6) is 0 Å². The van der Waals surface area contributed by atoms with Crippen molar-refractivity contribution in [3.05, 3.63) is 60.2 Å². The van der Waals surface area contributed by atoms with Crippen molar-refractivity contribution in [2.24, 2.45) is 0 Å². The van der Waals surface area contributed by atoms with Crippen molar-refractivity contribution in [1.82, 2.24) is 15.1 Å². The highest BCUT2D eigenvalue weighted by atomic mass is 16.5. The number of aromatic nitrogens is 3. The van der Waals surface area contributed by atoms with Crippen LogP contribution in [-0.2, 0) is 4.74 Å². The molecule has 146 valence electrons. The van der Waals surface area contributed by atoms with Gasteiger partial charge in [0, 0.05) is 24.1 Å². The van der Waals surface area contributed by atoms with Crippen molar-refractivity contribution in [1.29, 1.82) is 0 Å². The summed E-state index contributed by atoms with van der Waals surface area (Å²) < 4.78 is 11.3. The molecule has 1 aliphatic heterocycles. The third-order valence-corrected chi connectivity index (χ3v) is 5.18. The van der Waals surface area contributed by atoms with Crippen molar-refractivity contribution in [2.75, 3.05) is 18.5 Å². The zero-order chi connectivity index (χ0) is 19.6. The lowest BCUT2D eigenvalue weighted by Crippen LogP contribution is -2.19. The van der Waals surface area contributed by atoms with Gasteiger partial charge in [-0.1, -0.05) is 35.0 Å². The van der Waals surface area contributed by atoms with Gasteiger partial charge >= 0.3 is 0 Å². The highest BCUT2D eigenvalue weighted by molar-refractivity contribution is 5.88. The Morgan fingerprint density at radius 2 is 1.97 bits per heavy atom. The topological polar surface area (TPSA) is 73.1 Å². The van der Waals surface area contributed by atoms with E-state index in [4.69, 9.17) is 14.2 Å². The van der Waals surface area contributed by atoms with E-state index in [1.807, 2.05) is 36.4 Å². The van der Waals surface area contributed by atoms with Crippen molar-refractivity contribution < 1.29 is 9.26 Å². The van der Waals surface area contributed by atoms with Gasteiger partial charge in [0.05, 0.1) is 17.2 Å². The molecule has 6 heteroatoms. The fourth-order valence-corrected chi connectivity index (χ4v) is 3.65. The number of fused-ring (bicyclic) bond motifs is 1. The first kappa shape index (κ1) is 17.8. The Labute approximate surface area is 168 Å². The Balaban J connectivity index is 1.55. The fraction of sp³-hybridized carbons (Fsp3) is 0.261. The van der Waals surface area contributed by atoms with Crippen LogP contribution in [0, 0.1) is 6.92 Å². The fourth-order valence-electron chi connectivity index (χ4n) is 3.65. The molecule has 6 nitrogen and oxygen atoms in total. The van der Waals surface area contributed by atoms with Gasteiger partial charge in [0.1, 0.15) is 5.82 Å². The molecule has 0 bridgehead atoms. The highest BCUT2D eigenvalue weighted by Crippen LogP contribution is 2.30. The summed E-state index contributed by atoms with van der Waals surface area (Å²) in [5, 5.41) is 8.74. The van der Waals surface area contributed by atoms with Crippen molar-refractivity contribution in [3.63, 3.8) is 0 Å². The average Bonchev–Trinajstić information content (AvgIpc) is 3.44. The number of nitrogens with one attached hydrogen (secondary N) is 1. The van der Waals surface area contributed by atoms with Gasteiger partial charge in [-0.3, -0.25) is 0 Å². The molecular weight excluding hydrogens is 364 g/mol. The molecule has 1 saturated heterocycles. The quantitative estimate of drug-likeness (QED) is 0.528. The second-order valence-electron chi connectivity index (χ2n) is 7.39. The predicted molar refractivity (Wildman–Crippen MR) is 113 cm³/mol. The van der Waals surface area contributed by atoms with Gasteiger partial charge in [-0.2, -0.15) is 4.98 Å². The Bertz CT molecular complexity index is 1130. The second-order valence-corrected chi connectivity index (χ2v) is 7.39. The maximum Gasteiger partial charge on any atom is 0.258 e. The summed E-state index contributed by atoms with van der Waals surface area (Å²) >= 11 is 0. The molecule has 0 unspecified atom stereocenters. The number of aryl methyl sites for hydroxylation is 1. The molecule has 0 radical (unpaired) electrons. The summed E-state index contributed by atoms with van der Waals surface area (Å²) in [6, 6.07) is 18.1. The van der Waals surface area contributed by atoms with Crippen LogP contribution in [0.25, 0.3) is 33.7 Å². The third kappa shape index (κ3) is 3.71. The maximum atomic E-state index is 5.75. The molecule has 2 aromatic carbocycles. The van der Waals surface area contributed by atoms with Gasteiger partial charge in [0.25, 0.3) is 5.89 Å². The Kier molecular flexibility index (Phi) is 4.69. The number of anilines is 1. The molecule has 29 heavy (non-hydrogen) atoms. The number of hydrogen-bond donors (Lipinski definition) is 1. The van der Waals surface area contributed by atoms with Crippen molar-refractivity contribution in [2.45, 2.75) is 25.9 Å². The number of nitrogens with zero attached hydrogens (tertiary/aromatic N) is 3. The van der Waals surface area contributed by atoms with Gasteiger partial charge in [-0.15, -0.1) is 0 Å². The Morgan fingerprint density at radius 3 is 2.79 bits per heavy atom. The molecule has 0 saturated carbocycles. The van der Waals surface area contributed by atoms with E-state index in [2.05, 4.69) is 40.6 Å². The minimum atomic E-state index is 0.212. The van der Waals surface area contributed by atoms with Crippen molar-refractivity contribution in [3.8, 4) is 22.8 Å². The SMILES string of the molecule is Cc1ccc2nc(NC[C@H]3CCCO3)c(-c3noc(-c4ccccc4)n3)cc2c1. The molecule has 5 rings (SSSR count). The summed E-state index contributed by atoms with van der Waals surface area (Å²) in [6.07, 6.45) is 2.38. The van der Waals surface area contributed by atoms with E-state index >= 15 is 0 Å². The maximum absolute atomic E-state index is 5.75. The van der Waals surface area contributed by atoms with E-state index in [0.29, 0.717) is 18.3 Å². The van der Waals surface area contributed by atoms with E-state index < -0.39 is 0 Å². The number of ether oxygens (including phenoxy) is 1. The first-order valence-electron chi connectivity index (χ1n) is 9.93. The van der Waals surface area contributed by atoms with E-state index in [1.165, 1.54) is 5.56 Å². The summed E-state index contributed by atoms with van der Waals surface area (Å²) in [5.41, 5.74) is 3.83. The average molecular weight is 386 g/mol. The highest BCUT2D eigenvalue weighted by Gasteiger charge is 2.19. The predicted octanol–water partition coefficient (Wildman–Crippen LogP) is 4.85. The van der Waals surface area contributed by atoms with Gasteiger partial charge < -0.3 is 14.6 Å². The minimum absolute atomic E-state index is 0.212. The van der Waals surface area contributed by atoms with E-state index in [1.54, 1.807) is 0 Å². The Hall–Kier alpha value is -3.25. The standard InChI is InChI=1S/C23H22N4O2/c1-15-9-10-20-17(12-15)13-19(21(25-20)24-14-18-8-5-11-28-18)22-26-23(29-27-22)16-6-3-2-4-7-16/h2-4,6-7,9-10,12-13,18H,5,8,11,14H2,1H3,(H,24,25)/t18-/m1/s1. The van der Waals surface area contributed by atoms with E-state index in [9.17, 15) is 0 Å². The molecule has 1 N–H and O–H groups in total. The van der Waals surface area contributed by atoms with Gasteiger partial charge in [-0.05, 0) is 50.1 Å². The van der Waals surface area contributed by atoms with Crippen molar-refractivity contribution >= 4 is 16.7 Å². The number of pyridine rings is 1. The molecule has 2 aromatic heterocycles. The van der Waals surface area contributed by atoms with Crippen LogP contribution in [-0.4, -0.2) is 34.4 Å². The molecule has 4 aromatic rings. The zero-order valence-corrected chi connectivity index (χ0v) is 16.3. The Morgan fingerprint density at radius 1 is 1.07 bits per heavy atom. The van der Waals surface area contributed by atoms with Crippen LogP contribution < -0.4 is 5.32 Å². The first-order chi connectivity index (χ1) is 14.3. The van der Waals surface area contributed by atoms with Crippen LogP contribution in [0.1, 0.15) is 18.4 Å². The van der Waals surface area contributed by atoms with Crippen LogP contribution in [0.2, 0.25) is 0 Å². The number of rotatable bonds is 5. The van der Waals surface area contributed by atoms with Crippen LogP contribution in [0.15, 0.2) is 59.1 Å². The smallest absolute Gasteiger partial charge is 0.258 e. The molecule has 0 spiro atoms. The van der Waals surface area contributed by atoms with Crippen LogP contribution in [0.3, 0.4) is 0 Å². The summed E-state index contributed by atoms with van der Waals surface area (Å²) in [6.45, 7) is 3.61. The number of hydrogen-bond acceptors (Lipinski definition) is 6. The van der Waals surface area contributed by atoms with Gasteiger partial charge in [0.2, 0.25) is 5.82 Å². The van der Waals surface area contributed by atoms with Crippen LogP contribution in [0.4, 0.5) is 5.82 Å². The normalized spacial score (nSPS) is 16.4. The molecular formula is C23H22N4O2. The van der Waals surface area contributed by atoms with Crippen LogP contribution >= 0.6 is 0 Å². The second kappa shape index (κ2) is 7.64. The van der Waals surface area contributed by atoms with E-state index in [0.717, 1.165) is 47.3 Å². The van der Waals surface area contributed by atoms with Gasteiger partial charge in [-0.25, -0.2) is 4.98 Å². The molecule has 1 atom stereocenters. The largest absolute Gasteiger partial charge is 0.376 e. The lowest BCUT2D eigenvalue weighted by atomic mass is 10.1. The molecule has 3 heterocycles. The van der Waals surface area contributed by atoms with E-state index in [-0.39, 0.29) is 6.10 Å². The molecule has 0 aliphatic carbocycles. The summed E-state index contributed by atoms with van der Waals surface area (Å²) in [4.78, 5) is 9.48. The monoisotopic (exact) mass is 386 g/mol. The number of benzene rings is 2. The summed E-state index contributed by atoms with van der Waals surface area (Å²) in [7, 11) is 0. The first-order valence-corrected chi connectivity index (χ1v) is 9.93. The zero-order valence-electron chi connectivity index (χ0n) is 16.3. The summed E-state index contributed by atoms with van der Waals surface area (Å²) in [5.74, 6) is 1.77. The molecule has 1 fully saturated rings.